The molecule has 160 valence electrons. The van der Waals surface area contributed by atoms with E-state index in [-0.39, 0.29) is 0 Å². The SMILES string of the molecule is S=P1(c2ccccc2)C=C(c2ccccc2)N(c2ccccc2)N=C1N=Nc1ccccc1. The van der Waals surface area contributed by atoms with Gasteiger partial charge in [-0.3, -0.25) is 0 Å². The van der Waals surface area contributed by atoms with Crippen LogP contribution in [0.4, 0.5) is 11.4 Å². The maximum Gasteiger partial charge on any atom is 0.210 e. The van der Waals surface area contributed by atoms with Crippen LogP contribution in [0.25, 0.3) is 5.70 Å². The molecule has 1 heterocycles. The van der Waals surface area contributed by atoms with Gasteiger partial charge in [-0.15, -0.1) is 15.3 Å². The Hall–Kier alpha value is -3.66. The molecule has 4 nitrogen and oxygen atoms in total. The summed E-state index contributed by atoms with van der Waals surface area (Å²) in [6, 6.07) is 37.6. The summed E-state index contributed by atoms with van der Waals surface area (Å²) in [7, 11) is 0. The average Bonchev–Trinajstić information content (AvgIpc) is 2.90. The number of para-hydroxylation sites is 1. The Kier molecular flexibility index (Phi) is 6.07. The van der Waals surface area contributed by atoms with Gasteiger partial charge in [-0.05, 0) is 35.4 Å². The first-order chi connectivity index (χ1) is 16.2. The third-order valence-corrected chi connectivity index (χ3v) is 9.13. The van der Waals surface area contributed by atoms with Crippen molar-refractivity contribution in [3.05, 3.63) is 133 Å². The molecule has 33 heavy (non-hydrogen) atoms. The van der Waals surface area contributed by atoms with Gasteiger partial charge in [0.25, 0.3) is 0 Å². The molecule has 1 aliphatic rings. The zero-order chi connectivity index (χ0) is 22.5. The van der Waals surface area contributed by atoms with Crippen LogP contribution in [0.3, 0.4) is 0 Å². The standard InChI is InChI=1S/C27H21N4PS/c33-32(25-19-11-4-12-20-25)21-26(22-13-5-1-6-14-22)31(24-17-9-3-10-18-24)30-27(32)29-28-23-15-7-2-8-16-23/h1-21H. The molecule has 0 spiro atoms. The van der Waals surface area contributed by atoms with E-state index in [1.807, 2.05) is 102 Å². The van der Waals surface area contributed by atoms with Crippen LogP contribution >= 0.6 is 6.04 Å². The van der Waals surface area contributed by atoms with Crippen molar-refractivity contribution in [2.75, 3.05) is 5.01 Å². The third-order valence-electron chi connectivity index (χ3n) is 5.24. The van der Waals surface area contributed by atoms with E-state index in [1.54, 1.807) is 0 Å². The minimum atomic E-state index is -2.47. The van der Waals surface area contributed by atoms with Crippen LogP contribution in [0.15, 0.2) is 142 Å². The first-order valence-electron chi connectivity index (χ1n) is 10.6. The van der Waals surface area contributed by atoms with Gasteiger partial charge in [0.15, 0.2) is 0 Å². The molecule has 1 unspecified atom stereocenters. The fourth-order valence-corrected chi connectivity index (χ4v) is 6.59. The summed E-state index contributed by atoms with van der Waals surface area (Å²) in [6.07, 6.45) is 0. The fraction of sp³-hybridized carbons (Fsp3) is 0. The van der Waals surface area contributed by atoms with Crippen LogP contribution in [0.1, 0.15) is 5.56 Å². The first kappa shape index (κ1) is 21.2. The van der Waals surface area contributed by atoms with E-state index in [2.05, 4.69) is 40.3 Å². The molecule has 4 aromatic carbocycles. The van der Waals surface area contributed by atoms with Crippen LogP contribution in [0.5, 0.6) is 0 Å². The average molecular weight is 465 g/mol. The topological polar surface area (TPSA) is 40.3 Å². The number of hydrogen-bond acceptors (Lipinski definition) is 5. The molecule has 0 amide bonds. The molecule has 0 N–H and O–H groups in total. The lowest BCUT2D eigenvalue weighted by Gasteiger charge is -2.31. The summed E-state index contributed by atoms with van der Waals surface area (Å²) >= 11 is 6.36. The molecule has 1 aliphatic heterocycles. The summed E-state index contributed by atoms with van der Waals surface area (Å²) < 4.78 is 0. The number of hydrazone groups is 1. The fourth-order valence-electron chi connectivity index (χ4n) is 3.59. The number of azo groups is 1. The molecule has 6 heteroatoms. The Morgan fingerprint density at radius 1 is 0.636 bits per heavy atom. The molecule has 4 aromatic rings. The quantitative estimate of drug-likeness (QED) is 0.234. The van der Waals surface area contributed by atoms with Crippen molar-refractivity contribution in [3.8, 4) is 0 Å². The highest BCUT2D eigenvalue weighted by Gasteiger charge is 2.33. The Labute approximate surface area is 198 Å². The van der Waals surface area contributed by atoms with Gasteiger partial charge >= 0.3 is 0 Å². The molecular weight excluding hydrogens is 443 g/mol. The summed E-state index contributed by atoms with van der Waals surface area (Å²) in [5.74, 6) is 2.17. The van der Waals surface area contributed by atoms with Crippen LogP contribution < -0.4 is 10.3 Å². The van der Waals surface area contributed by atoms with E-state index < -0.39 is 6.04 Å². The van der Waals surface area contributed by atoms with E-state index in [1.165, 1.54) is 0 Å². The molecule has 5 rings (SSSR count). The van der Waals surface area contributed by atoms with Crippen molar-refractivity contribution in [2.24, 2.45) is 15.3 Å². The van der Waals surface area contributed by atoms with Gasteiger partial charge in [-0.2, -0.15) is 0 Å². The highest BCUT2D eigenvalue weighted by atomic mass is 32.4. The maximum atomic E-state index is 6.36. The second-order valence-corrected chi connectivity index (χ2v) is 11.7. The molecule has 0 saturated carbocycles. The number of anilines is 1. The van der Waals surface area contributed by atoms with Crippen molar-refractivity contribution in [1.29, 1.82) is 0 Å². The largest absolute Gasteiger partial charge is 0.231 e. The number of hydrogen-bond donors (Lipinski definition) is 0. The smallest absolute Gasteiger partial charge is 0.210 e. The zero-order valence-electron chi connectivity index (χ0n) is 17.8. The van der Waals surface area contributed by atoms with E-state index in [9.17, 15) is 0 Å². The molecule has 0 saturated heterocycles. The number of rotatable bonds is 4. The van der Waals surface area contributed by atoms with Gasteiger partial charge in [-0.1, -0.05) is 109 Å². The molecule has 0 aromatic heterocycles. The van der Waals surface area contributed by atoms with Crippen molar-refractivity contribution in [2.45, 2.75) is 0 Å². The Balaban J connectivity index is 1.71. The minimum Gasteiger partial charge on any atom is -0.231 e. The molecule has 0 bridgehead atoms. The second kappa shape index (κ2) is 9.45. The minimum absolute atomic E-state index is 0.552. The van der Waals surface area contributed by atoms with Gasteiger partial charge in [0.1, 0.15) is 0 Å². The summed E-state index contributed by atoms with van der Waals surface area (Å²) in [5, 5.41) is 17.1. The van der Waals surface area contributed by atoms with Gasteiger partial charge in [0, 0.05) is 5.56 Å². The van der Waals surface area contributed by atoms with Gasteiger partial charge in [0.05, 0.1) is 23.1 Å². The van der Waals surface area contributed by atoms with E-state index >= 15 is 0 Å². The summed E-state index contributed by atoms with van der Waals surface area (Å²) in [5.41, 5.74) is 4.26. The predicted octanol–water partition coefficient (Wildman–Crippen LogP) is 7.37. The van der Waals surface area contributed by atoms with Crippen molar-refractivity contribution < 1.29 is 0 Å². The highest BCUT2D eigenvalue weighted by Crippen LogP contribution is 2.54. The van der Waals surface area contributed by atoms with Crippen molar-refractivity contribution in [1.82, 2.24) is 0 Å². The molecular formula is C27H21N4PS. The molecule has 0 fully saturated rings. The van der Waals surface area contributed by atoms with Gasteiger partial charge in [-0.25, -0.2) is 5.01 Å². The second-order valence-electron chi connectivity index (χ2n) is 7.46. The van der Waals surface area contributed by atoms with Crippen LogP contribution in [0, 0.1) is 0 Å². The highest BCUT2D eigenvalue weighted by molar-refractivity contribution is 8.28. The van der Waals surface area contributed by atoms with Crippen molar-refractivity contribution >= 4 is 45.8 Å². The zero-order valence-corrected chi connectivity index (χ0v) is 19.5. The van der Waals surface area contributed by atoms with Gasteiger partial charge in [0.2, 0.25) is 5.58 Å². The lowest BCUT2D eigenvalue weighted by molar-refractivity contribution is 1.08. The van der Waals surface area contributed by atoms with Crippen LogP contribution in [0.2, 0.25) is 0 Å². The number of benzene rings is 4. The van der Waals surface area contributed by atoms with Crippen LogP contribution in [-0.4, -0.2) is 5.58 Å². The summed E-state index contributed by atoms with van der Waals surface area (Å²) in [6.45, 7) is 0. The monoisotopic (exact) mass is 464 g/mol. The van der Waals surface area contributed by atoms with E-state index in [0.29, 0.717) is 5.58 Å². The Morgan fingerprint density at radius 2 is 1.18 bits per heavy atom. The van der Waals surface area contributed by atoms with Gasteiger partial charge < -0.3 is 0 Å². The predicted molar refractivity (Wildman–Crippen MR) is 142 cm³/mol. The summed E-state index contributed by atoms with van der Waals surface area (Å²) in [4.78, 5) is 0. The van der Waals surface area contributed by atoms with E-state index in [0.717, 1.165) is 27.9 Å². The molecule has 0 radical (unpaired) electrons. The Morgan fingerprint density at radius 3 is 1.82 bits per heavy atom. The molecule has 1 atom stereocenters. The lowest BCUT2D eigenvalue weighted by Crippen LogP contribution is -2.24. The Bertz CT molecular complexity index is 1370. The normalized spacial score (nSPS) is 18.1. The lowest BCUT2D eigenvalue weighted by atomic mass is 10.1. The van der Waals surface area contributed by atoms with Crippen molar-refractivity contribution in [3.63, 3.8) is 0 Å². The first-order valence-corrected chi connectivity index (χ1v) is 13.5. The third kappa shape index (κ3) is 4.47. The number of nitrogens with zero attached hydrogens (tertiary/aromatic N) is 4. The number of amidine groups is 1. The van der Waals surface area contributed by atoms with E-state index in [4.69, 9.17) is 16.9 Å². The van der Waals surface area contributed by atoms with Crippen LogP contribution in [-0.2, 0) is 11.8 Å². The molecule has 0 aliphatic carbocycles. The maximum absolute atomic E-state index is 6.36.